The van der Waals surface area contributed by atoms with Gasteiger partial charge in [0.05, 0.1) is 17.9 Å². The van der Waals surface area contributed by atoms with E-state index in [1.54, 1.807) is 18.2 Å². The molecule has 0 saturated heterocycles. The number of nitrogens with one attached hydrogen (secondary N) is 2. The average molecular weight is 482 g/mol. The van der Waals surface area contributed by atoms with Crippen LogP contribution in [-0.4, -0.2) is 17.5 Å². The lowest BCUT2D eigenvalue weighted by Gasteiger charge is -2.26. The van der Waals surface area contributed by atoms with Crippen LogP contribution in [0.2, 0.25) is 0 Å². The third-order valence-corrected chi connectivity index (χ3v) is 5.89. The van der Waals surface area contributed by atoms with Crippen LogP contribution < -0.4 is 15.4 Å². The Morgan fingerprint density at radius 3 is 2.57 bits per heavy atom. The normalized spacial score (nSPS) is 13.9. The predicted octanol–water partition coefficient (Wildman–Crippen LogP) is 6.98. The van der Waals surface area contributed by atoms with Crippen molar-refractivity contribution in [2.75, 3.05) is 17.2 Å². The smallest absolute Gasteiger partial charge is 0.416 e. The molecule has 1 aromatic heterocycles. The third kappa shape index (κ3) is 6.41. The van der Waals surface area contributed by atoms with Gasteiger partial charge in [-0.25, -0.2) is 4.98 Å². The fourth-order valence-corrected chi connectivity index (χ4v) is 3.69. The second kappa shape index (κ2) is 10.6. The van der Waals surface area contributed by atoms with Crippen molar-refractivity contribution in [3.8, 4) is 5.75 Å². The number of benzene rings is 2. The largest absolute Gasteiger partial charge is 0.492 e. The van der Waals surface area contributed by atoms with Crippen molar-refractivity contribution in [1.29, 1.82) is 0 Å². The fourth-order valence-electron chi connectivity index (χ4n) is 3.69. The number of nitrogens with zero attached hydrogens (tertiary/aromatic N) is 1. The summed E-state index contributed by atoms with van der Waals surface area (Å²) in [6, 6.07) is 13.7. The minimum Gasteiger partial charge on any atom is -0.492 e. The van der Waals surface area contributed by atoms with E-state index in [1.807, 2.05) is 25.1 Å². The maximum atomic E-state index is 12.8. The molecule has 1 aliphatic rings. The van der Waals surface area contributed by atoms with Gasteiger partial charge in [0.15, 0.2) is 5.82 Å². The van der Waals surface area contributed by atoms with Gasteiger partial charge in [-0.2, -0.15) is 13.2 Å². The highest BCUT2D eigenvalue weighted by molar-refractivity contribution is 6.03. The number of carbonyl (C=O) groups excluding carboxylic acids is 1. The van der Waals surface area contributed by atoms with Gasteiger partial charge in [-0.3, -0.25) is 4.79 Å². The monoisotopic (exact) mass is 481 g/mol. The van der Waals surface area contributed by atoms with Gasteiger partial charge < -0.3 is 15.4 Å². The SMILES string of the molecule is Cc1cccc(C=CC(=O)Nc2cccnc2Nc2ccc(C(F)(F)F)cc2)c1OCC1CCC1. The number of rotatable bonds is 8. The number of aryl methyl sites for hydroxylation is 1. The summed E-state index contributed by atoms with van der Waals surface area (Å²) in [5, 5.41) is 5.72. The zero-order valence-electron chi connectivity index (χ0n) is 19.2. The van der Waals surface area contributed by atoms with Crippen LogP contribution in [0.25, 0.3) is 6.08 Å². The minimum atomic E-state index is -4.41. The number of pyridine rings is 1. The molecule has 182 valence electrons. The second-order valence-electron chi connectivity index (χ2n) is 8.52. The van der Waals surface area contributed by atoms with E-state index in [0.717, 1.165) is 29.0 Å². The molecule has 0 aliphatic heterocycles. The number of amides is 1. The Hall–Kier alpha value is -3.81. The number of carbonyl (C=O) groups is 1. The van der Waals surface area contributed by atoms with Crippen LogP contribution in [0.3, 0.4) is 0 Å². The summed E-state index contributed by atoms with van der Waals surface area (Å²) in [7, 11) is 0. The number of anilines is 3. The van der Waals surface area contributed by atoms with Gasteiger partial charge in [0, 0.05) is 23.5 Å². The van der Waals surface area contributed by atoms with Crippen LogP contribution in [0.15, 0.2) is 66.9 Å². The topological polar surface area (TPSA) is 63.2 Å². The molecule has 1 fully saturated rings. The Morgan fingerprint density at radius 1 is 1.11 bits per heavy atom. The molecule has 0 unspecified atom stereocenters. The van der Waals surface area contributed by atoms with E-state index in [0.29, 0.717) is 29.7 Å². The van der Waals surface area contributed by atoms with E-state index < -0.39 is 11.7 Å². The molecule has 1 heterocycles. The minimum absolute atomic E-state index is 0.314. The van der Waals surface area contributed by atoms with Crippen LogP contribution >= 0.6 is 0 Å². The molecule has 0 spiro atoms. The number of hydrogen-bond acceptors (Lipinski definition) is 4. The van der Waals surface area contributed by atoms with E-state index in [9.17, 15) is 18.0 Å². The summed E-state index contributed by atoms with van der Waals surface area (Å²) in [6.45, 7) is 2.65. The van der Waals surface area contributed by atoms with Gasteiger partial charge in [-0.15, -0.1) is 0 Å². The van der Waals surface area contributed by atoms with E-state index in [-0.39, 0.29) is 5.91 Å². The molecule has 8 heteroatoms. The molecule has 0 bridgehead atoms. The highest BCUT2D eigenvalue weighted by Gasteiger charge is 2.30. The first-order valence-electron chi connectivity index (χ1n) is 11.4. The number of aromatic nitrogens is 1. The first-order valence-corrected chi connectivity index (χ1v) is 11.4. The zero-order chi connectivity index (χ0) is 24.8. The van der Waals surface area contributed by atoms with Gasteiger partial charge in [-0.05, 0) is 73.7 Å². The summed E-state index contributed by atoms with van der Waals surface area (Å²) >= 11 is 0. The molecule has 3 aromatic rings. The van der Waals surface area contributed by atoms with Crippen molar-refractivity contribution >= 4 is 29.2 Å². The Kier molecular flexibility index (Phi) is 7.39. The third-order valence-electron chi connectivity index (χ3n) is 5.89. The number of alkyl halides is 3. The maximum Gasteiger partial charge on any atom is 0.416 e. The summed E-state index contributed by atoms with van der Waals surface area (Å²) in [5.74, 6) is 1.30. The summed E-state index contributed by atoms with van der Waals surface area (Å²) < 4.78 is 44.5. The molecule has 2 aromatic carbocycles. The van der Waals surface area contributed by atoms with Crippen molar-refractivity contribution in [3.05, 3.63) is 83.6 Å². The fraction of sp³-hybridized carbons (Fsp3) is 0.259. The Morgan fingerprint density at radius 2 is 1.89 bits per heavy atom. The first-order chi connectivity index (χ1) is 16.8. The quantitative estimate of drug-likeness (QED) is 0.341. The molecule has 0 atom stereocenters. The average Bonchev–Trinajstić information content (AvgIpc) is 2.79. The molecule has 1 saturated carbocycles. The van der Waals surface area contributed by atoms with E-state index in [4.69, 9.17) is 4.74 Å². The summed E-state index contributed by atoms with van der Waals surface area (Å²) in [5.41, 5.74) is 1.88. The first kappa shape index (κ1) is 24.3. The van der Waals surface area contributed by atoms with E-state index >= 15 is 0 Å². The second-order valence-corrected chi connectivity index (χ2v) is 8.52. The Bertz CT molecular complexity index is 1200. The molecule has 1 amide bonds. The number of ether oxygens (including phenoxy) is 1. The summed E-state index contributed by atoms with van der Waals surface area (Å²) in [6.07, 6.45) is 3.86. The number of para-hydroxylation sites is 1. The Labute approximate surface area is 202 Å². The lowest BCUT2D eigenvalue weighted by molar-refractivity contribution is -0.137. The molecule has 4 rings (SSSR count). The van der Waals surface area contributed by atoms with Gasteiger partial charge in [0.1, 0.15) is 5.75 Å². The van der Waals surface area contributed by atoms with Gasteiger partial charge in [0.2, 0.25) is 5.91 Å². The number of hydrogen-bond donors (Lipinski definition) is 2. The van der Waals surface area contributed by atoms with Gasteiger partial charge in [0.25, 0.3) is 0 Å². The summed E-state index contributed by atoms with van der Waals surface area (Å²) in [4.78, 5) is 16.8. The molecular weight excluding hydrogens is 455 g/mol. The van der Waals surface area contributed by atoms with E-state index in [1.165, 1.54) is 43.7 Å². The van der Waals surface area contributed by atoms with Crippen LogP contribution in [-0.2, 0) is 11.0 Å². The number of halogens is 3. The van der Waals surface area contributed by atoms with Crippen LogP contribution in [0, 0.1) is 12.8 Å². The molecule has 1 aliphatic carbocycles. The van der Waals surface area contributed by atoms with Crippen molar-refractivity contribution in [3.63, 3.8) is 0 Å². The van der Waals surface area contributed by atoms with Crippen LogP contribution in [0.1, 0.15) is 36.0 Å². The van der Waals surface area contributed by atoms with Crippen LogP contribution in [0.5, 0.6) is 5.75 Å². The van der Waals surface area contributed by atoms with Gasteiger partial charge in [-0.1, -0.05) is 24.6 Å². The highest BCUT2D eigenvalue weighted by atomic mass is 19.4. The lowest BCUT2D eigenvalue weighted by atomic mass is 9.86. The van der Waals surface area contributed by atoms with Crippen molar-refractivity contribution < 1.29 is 22.7 Å². The van der Waals surface area contributed by atoms with Crippen molar-refractivity contribution in [1.82, 2.24) is 4.98 Å². The van der Waals surface area contributed by atoms with Crippen molar-refractivity contribution in [2.45, 2.75) is 32.4 Å². The van der Waals surface area contributed by atoms with Crippen molar-refractivity contribution in [2.24, 2.45) is 5.92 Å². The highest BCUT2D eigenvalue weighted by Crippen LogP contribution is 2.32. The Balaban J connectivity index is 1.43. The molecular formula is C27H26F3N3O2. The molecule has 2 N–H and O–H groups in total. The zero-order valence-corrected chi connectivity index (χ0v) is 19.2. The molecule has 5 nitrogen and oxygen atoms in total. The van der Waals surface area contributed by atoms with Gasteiger partial charge >= 0.3 is 6.18 Å². The van der Waals surface area contributed by atoms with Crippen LogP contribution in [0.4, 0.5) is 30.4 Å². The predicted molar refractivity (Wildman–Crippen MR) is 131 cm³/mol. The van der Waals surface area contributed by atoms with E-state index in [2.05, 4.69) is 15.6 Å². The molecule has 0 radical (unpaired) electrons. The standard InChI is InChI=1S/C27H26F3N3O2/c1-18-5-2-8-20(25(18)35-17-19-6-3-7-19)10-15-24(34)33-23-9-4-16-31-26(23)32-22-13-11-21(12-14-22)27(28,29)30/h2,4-5,8-16,19H,3,6-7,17H2,1H3,(H,31,32)(H,33,34). The lowest BCUT2D eigenvalue weighted by Crippen LogP contribution is -2.19. The molecule has 35 heavy (non-hydrogen) atoms. The maximum absolute atomic E-state index is 12.8.